The Kier molecular flexibility index (Phi) is 7.39. The average Bonchev–Trinajstić information content (AvgIpc) is 3.12. The van der Waals surface area contributed by atoms with Gasteiger partial charge in [-0.3, -0.25) is 4.79 Å². The molecule has 9 nitrogen and oxygen atoms in total. The molecule has 172 valence electrons. The number of methoxy groups -OCH3 is 1. The quantitative estimate of drug-likeness (QED) is 0.372. The maximum atomic E-state index is 13.1. The summed E-state index contributed by atoms with van der Waals surface area (Å²) in [6, 6.07) is 4.31. The Morgan fingerprint density at radius 1 is 1.21 bits per heavy atom. The second-order valence-electron chi connectivity index (χ2n) is 7.18. The van der Waals surface area contributed by atoms with E-state index in [1.807, 2.05) is 42.8 Å². The zero-order valence-electron chi connectivity index (χ0n) is 18.8. The van der Waals surface area contributed by atoms with Crippen LogP contribution >= 0.6 is 0 Å². The molecule has 10 heteroatoms. The first kappa shape index (κ1) is 23.5. The molecule has 2 N–H and O–H groups in total. The lowest BCUT2D eigenvalue weighted by molar-refractivity contribution is 0.0601. The topological polar surface area (TPSA) is 101 Å². The second-order valence-corrected chi connectivity index (χ2v) is 7.18. The number of nitrogens with zero attached hydrogens (tertiary/aromatic N) is 4. The van der Waals surface area contributed by atoms with Crippen molar-refractivity contribution in [3.63, 3.8) is 0 Å². The summed E-state index contributed by atoms with van der Waals surface area (Å²) in [7, 11) is 5.03. The fraction of sp³-hybridized carbons (Fsp3) is 0.217. The summed E-state index contributed by atoms with van der Waals surface area (Å²) in [5.41, 5.74) is 2.19. The highest BCUT2D eigenvalue weighted by Gasteiger charge is 2.18. The van der Waals surface area contributed by atoms with Crippen molar-refractivity contribution < 1.29 is 18.7 Å². The zero-order valence-corrected chi connectivity index (χ0v) is 18.8. The van der Waals surface area contributed by atoms with Crippen molar-refractivity contribution in [3.8, 4) is 0 Å². The summed E-state index contributed by atoms with van der Waals surface area (Å²) < 4.78 is 19.8. The molecule has 0 bridgehead atoms. The lowest BCUT2D eigenvalue weighted by Crippen LogP contribution is -2.09. The van der Waals surface area contributed by atoms with Gasteiger partial charge in [-0.25, -0.2) is 19.2 Å². The molecule has 0 spiro atoms. The van der Waals surface area contributed by atoms with Crippen LogP contribution in [0.25, 0.3) is 6.08 Å². The summed E-state index contributed by atoms with van der Waals surface area (Å²) in [5, 5.41) is 6.10. The van der Waals surface area contributed by atoms with E-state index >= 15 is 0 Å². The predicted molar refractivity (Wildman–Crippen MR) is 124 cm³/mol. The number of hydrogen-bond donors (Lipinski definition) is 2. The summed E-state index contributed by atoms with van der Waals surface area (Å²) in [5.74, 6) is -0.318. The fourth-order valence-electron chi connectivity index (χ4n) is 3.02. The van der Waals surface area contributed by atoms with Gasteiger partial charge in [0.15, 0.2) is 6.29 Å². The van der Waals surface area contributed by atoms with Gasteiger partial charge in [0.25, 0.3) is 0 Å². The van der Waals surface area contributed by atoms with Crippen LogP contribution in [-0.4, -0.2) is 52.4 Å². The van der Waals surface area contributed by atoms with Crippen LogP contribution in [-0.2, 0) is 11.8 Å². The smallest absolute Gasteiger partial charge is 0.341 e. The molecule has 3 aromatic heterocycles. The van der Waals surface area contributed by atoms with Crippen LogP contribution in [0, 0.1) is 5.82 Å². The largest absolute Gasteiger partial charge is 0.465 e. The maximum Gasteiger partial charge on any atom is 0.341 e. The molecular formula is C23H25FN6O3. The first-order valence-corrected chi connectivity index (χ1v) is 10.1. The number of hydrogen-bond acceptors (Lipinski definition) is 8. The number of nitrogens with one attached hydrogen (secondary N) is 2. The molecule has 0 saturated carbocycles. The maximum absolute atomic E-state index is 13.1. The Morgan fingerprint density at radius 3 is 2.61 bits per heavy atom. The van der Waals surface area contributed by atoms with Crippen LogP contribution in [0.4, 0.5) is 27.4 Å². The molecule has 3 rings (SSSR count). The van der Waals surface area contributed by atoms with E-state index in [0.717, 1.165) is 19.0 Å². The van der Waals surface area contributed by atoms with Crippen molar-refractivity contribution in [1.29, 1.82) is 0 Å². The number of anilines is 4. The number of aldehydes is 1. The normalized spacial score (nSPS) is 10.8. The van der Waals surface area contributed by atoms with Crippen LogP contribution in [0.3, 0.4) is 0 Å². The van der Waals surface area contributed by atoms with E-state index in [1.54, 1.807) is 12.3 Å². The molecule has 0 saturated heterocycles. The third kappa shape index (κ3) is 5.53. The Hall–Kier alpha value is -4.21. The van der Waals surface area contributed by atoms with Crippen molar-refractivity contribution in [3.05, 3.63) is 65.6 Å². The summed E-state index contributed by atoms with van der Waals surface area (Å²) in [4.78, 5) is 34.4. The number of esters is 1. The third-order valence-electron chi connectivity index (χ3n) is 4.93. The van der Waals surface area contributed by atoms with Crippen molar-refractivity contribution >= 4 is 41.3 Å². The van der Waals surface area contributed by atoms with Gasteiger partial charge in [-0.05, 0) is 25.1 Å². The van der Waals surface area contributed by atoms with Gasteiger partial charge in [-0.2, -0.15) is 0 Å². The van der Waals surface area contributed by atoms with Gasteiger partial charge in [0.1, 0.15) is 23.0 Å². The average molecular weight is 452 g/mol. The second kappa shape index (κ2) is 10.4. The van der Waals surface area contributed by atoms with Gasteiger partial charge in [-0.15, -0.1) is 0 Å². The molecule has 0 amide bonds. The SMILES string of the molecule is CCN(C)/C=C\c1c(C=O)c(Nc2cc(Nc3ccc(F)cn3)ncc2C(=O)OC)cn1C. The van der Waals surface area contributed by atoms with Gasteiger partial charge in [-0.1, -0.05) is 0 Å². The van der Waals surface area contributed by atoms with Gasteiger partial charge in [0.05, 0.1) is 35.9 Å². The monoisotopic (exact) mass is 452 g/mol. The fourth-order valence-corrected chi connectivity index (χ4v) is 3.02. The van der Waals surface area contributed by atoms with Gasteiger partial charge >= 0.3 is 5.97 Å². The van der Waals surface area contributed by atoms with Crippen molar-refractivity contribution in [1.82, 2.24) is 19.4 Å². The van der Waals surface area contributed by atoms with E-state index in [1.165, 1.54) is 25.4 Å². The molecule has 3 heterocycles. The molecule has 0 radical (unpaired) electrons. The minimum atomic E-state index is -0.593. The molecular weight excluding hydrogens is 427 g/mol. The van der Waals surface area contributed by atoms with E-state index in [4.69, 9.17) is 4.74 Å². The van der Waals surface area contributed by atoms with E-state index in [9.17, 15) is 14.0 Å². The lowest BCUT2D eigenvalue weighted by atomic mass is 10.2. The Bertz CT molecular complexity index is 1170. The van der Waals surface area contributed by atoms with Gasteiger partial charge < -0.3 is 24.8 Å². The van der Waals surface area contributed by atoms with Crippen LogP contribution in [0.5, 0.6) is 0 Å². The Balaban J connectivity index is 1.98. The molecule has 0 fully saturated rings. The number of carbonyl (C=O) groups excluding carboxylic acids is 2. The number of ether oxygens (including phenoxy) is 1. The van der Waals surface area contributed by atoms with E-state index < -0.39 is 11.8 Å². The van der Waals surface area contributed by atoms with Crippen molar-refractivity contribution in [2.75, 3.05) is 31.3 Å². The molecule has 33 heavy (non-hydrogen) atoms. The summed E-state index contributed by atoms with van der Waals surface area (Å²) in [6.45, 7) is 2.84. The Labute approximate surface area is 190 Å². The van der Waals surface area contributed by atoms with Crippen LogP contribution in [0.2, 0.25) is 0 Å². The highest BCUT2D eigenvalue weighted by molar-refractivity contribution is 5.98. The number of halogens is 1. The van der Waals surface area contributed by atoms with E-state index in [0.29, 0.717) is 34.3 Å². The van der Waals surface area contributed by atoms with Gasteiger partial charge in [0, 0.05) is 45.3 Å². The van der Waals surface area contributed by atoms with E-state index in [-0.39, 0.29) is 5.56 Å². The van der Waals surface area contributed by atoms with Gasteiger partial charge in [0.2, 0.25) is 0 Å². The van der Waals surface area contributed by atoms with E-state index in [2.05, 4.69) is 20.6 Å². The molecule has 0 atom stereocenters. The number of aryl methyl sites for hydroxylation is 1. The van der Waals surface area contributed by atoms with Crippen molar-refractivity contribution in [2.24, 2.45) is 7.05 Å². The molecule has 0 unspecified atom stereocenters. The van der Waals surface area contributed by atoms with Crippen LogP contribution < -0.4 is 10.6 Å². The molecule has 0 aromatic carbocycles. The minimum absolute atomic E-state index is 0.179. The third-order valence-corrected chi connectivity index (χ3v) is 4.93. The molecule has 3 aromatic rings. The first-order chi connectivity index (χ1) is 15.9. The van der Waals surface area contributed by atoms with Crippen LogP contribution in [0.15, 0.2) is 43.0 Å². The number of pyridine rings is 2. The number of aromatic nitrogens is 3. The molecule has 0 aliphatic heterocycles. The summed E-state index contributed by atoms with van der Waals surface area (Å²) in [6.07, 6.45) is 8.67. The highest BCUT2D eigenvalue weighted by Crippen LogP contribution is 2.29. The van der Waals surface area contributed by atoms with Crippen LogP contribution in [0.1, 0.15) is 33.3 Å². The Morgan fingerprint density at radius 2 is 1.97 bits per heavy atom. The predicted octanol–water partition coefficient (Wildman–Crippen LogP) is 3.96. The zero-order chi connectivity index (χ0) is 24.0. The number of rotatable bonds is 9. The number of carbonyl (C=O) groups is 2. The summed E-state index contributed by atoms with van der Waals surface area (Å²) >= 11 is 0. The molecule has 0 aliphatic rings. The molecule has 0 aliphatic carbocycles. The lowest BCUT2D eigenvalue weighted by Gasteiger charge is -2.13. The highest BCUT2D eigenvalue weighted by atomic mass is 19.1. The van der Waals surface area contributed by atoms with Crippen molar-refractivity contribution in [2.45, 2.75) is 6.92 Å². The standard InChI is InChI=1S/C23H25FN6O3/c1-5-29(2)9-8-20-17(14-31)19(13-30(20)3)27-18-10-22(26-12-16(18)23(32)33-4)28-21-7-6-15(24)11-25-21/h6-14H,5H2,1-4H3,(H2,25,26,27,28)/b9-8-. The first-order valence-electron chi connectivity index (χ1n) is 10.1. The minimum Gasteiger partial charge on any atom is -0.465 e.